The Bertz CT molecular complexity index is 878. The molecule has 0 bridgehead atoms. The van der Waals surface area contributed by atoms with Crippen molar-refractivity contribution in [2.45, 2.75) is 11.8 Å². The molecule has 0 spiro atoms. The number of aryl methyl sites for hydroxylation is 1. The molecule has 25 heavy (non-hydrogen) atoms. The summed E-state index contributed by atoms with van der Waals surface area (Å²) < 4.78 is 37.2. The molecule has 0 atom stereocenters. The summed E-state index contributed by atoms with van der Waals surface area (Å²) in [5, 5.41) is 11.2. The maximum atomic E-state index is 13.1. The third-order valence-electron chi connectivity index (χ3n) is 3.50. The van der Waals surface area contributed by atoms with Crippen LogP contribution in [-0.2, 0) is 14.8 Å². The minimum absolute atomic E-state index is 0.122. The molecule has 2 rings (SSSR count). The van der Waals surface area contributed by atoms with Crippen molar-refractivity contribution >= 4 is 21.7 Å². The standard InChI is InChI=1S/C17H19NO6S/c1-12-7-8-15(24-3)16(9-12)25(21,22)18(11-17(19)20)13-5-4-6-14(10-13)23-2/h4-10H,11H2,1-3H3,(H,19,20)/p-1. The van der Waals surface area contributed by atoms with Crippen molar-refractivity contribution in [1.29, 1.82) is 0 Å². The van der Waals surface area contributed by atoms with Crippen molar-refractivity contribution in [2.24, 2.45) is 0 Å². The van der Waals surface area contributed by atoms with Crippen LogP contribution in [-0.4, -0.2) is 35.2 Å². The Kier molecular flexibility index (Phi) is 5.53. The fraction of sp³-hybridized carbons (Fsp3) is 0.235. The molecule has 8 heteroatoms. The van der Waals surface area contributed by atoms with Crippen LogP contribution in [0.2, 0.25) is 0 Å². The van der Waals surface area contributed by atoms with Gasteiger partial charge in [-0.3, -0.25) is 4.31 Å². The van der Waals surface area contributed by atoms with Crippen LogP contribution in [0.1, 0.15) is 5.56 Å². The molecule has 0 saturated heterocycles. The molecule has 0 radical (unpaired) electrons. The lowest BCUT2D eigenvalue weighted by atomic mass is 10.2. The first kappa shape index (κ1) is 18.6. The SMILES string of the molecule is COc1cccc(N(CC(=O)[O-])S(=O)(=O)c2cc(C)ccc2OC)c1. The molecular weight excluding hydrogens is 346 g/mol. The van der Waals surface area contributed by atoms with Gasteiger partial charge >= 0.3 is 0 Å². The minimum atomic E-state index is -4.21. The zero-order valence-corrected chi connectivity index (χ0v) is 14.9. The van der Waals surface area contributed by atoms with Crippen LogP contribution in [0.3, 0.4) is 0 Å². The molecule has 0 unspecified atom stereocenters. The number of nitrogens with zero attached hydrogens (tertiary/aromatic N) is 1. The summed E-state index contributed by atoms with van der Waals surface area (Å²) >= 11 is 0. The second-order valence-corrected chi connectivity index (χ2v) is 7.07. The van der Waals surface area contributed by atoms with E-state index in [0.717, 1.165) is 4.31 Å². The van der Waals surface area contributed by atoms with Crippen molar-refractivity contribution in [3.05, 3.63) is 48.0 Å². The maximum Gasteiger partial charge on any atom is 0.268 e. The summed E-state index contributed by atoms with van der Waals surface area (Å²) in [7, 11) is -1.43. The molecule has 0 saturated carbocycles. The highest BCUT2D eigenvalue weighted by Gasteiger charge is 2.28. The molecule has 0 fully saturated rings. The van der Waals surface area contributed by atoms with Gasteiger partial charge in [0, 0.05) is 6.07 Å². The summed E-state index contributed by atoms with van der Waals surface area (Å²) in [5.41, 5.74) is 0.838. The number of methoxy groups -OCH3 is 2. The number of sulfonamides is 1. The van der Waals surface area contributed by atoms with Crippen LogP contribution in [0, 0.1) is 6.92 Å². The molecule has 0 N–H and O–H groups in total. The van der Waals surface area contributed by atoms with Crippen molar-refractivity contribution in [3.8, 4) is 11.5 Å². The lowest BCUT2D eigenvalue weighted by molar-refractivity contribution is -0.303. The third-order valence-corrected chi connectivity index (χ3v) is 5.30. The number of rotatable bonds is 7. The van der Waals surface area contributed by atoms with Crippen LogP contribution < -0.4 is 18.9 Å². The average molecular weight is 364 g/mol. The Balaban J connectivity index is 2.64. The minimum Gasteiger partial charge on any atom is -0.548 e. The van der Waals surface area contributed by atoms with Crippen molar-refractivity contribution in [3.63, 3.8) is 0 Å². The van der Waals surface area contributed by atoms with E-state index in [0.29, 0.717) is 11.3 Å². The molecule has 0 aliphatic heterocycles. The number of carbonyl (C=O) groups excluding carboxylic acids is 1. The van der Waals surface area contributed by atoms with Crippen molar-refractivity contribution in [2.75, 3.05) is 25.1 Å². The van der Waals surface area contributed by atoms with Gasteiger partial charge in [0.25, 0.3) is 10.0 Å². The van der Waals surface area contributed by atoms with Gasteiger partial charge < -0.3 is 19.4 Å². The summed E-state index contributed by atoms with van der Waals surface area (Å²) in [6.45, 7) is 0.889. The van der Waals surface area contributed by atoms with E-state index < -0.39 is 22.5 Å². The largest absolute Gasteiger partial charge is 0.548 e. The number of anilines is 1. The Morgan fingerprint density at radius 1 is 1.12 bits per heavy atom. The fourth-order valence-electron chi connectivity index (χ4n) is 2.30. The molecule has 0 amide bonds. The molecule has 2 aromatic carbocycles. The quantitative estimate of drug-likeness (QED) is 0.726. The van der Waals surface area contributed by atoms with E-state index >= 15 is 0 Å². The van der Waals surface area contributed by atoms with Crippen molar-refractivity contribution < 1.29 is 27.8 Å². The van der Waals surface area contributed by atoms with E-state index in [1.807, 2.05) is 0 Å². The number of ether oxygens (including phenoxy) is 2. The smallest absolute Gasteiger partial charge is 0.268 e. The highest BCUT2D eigenvalue weighted by atomic mass is 32.2. The van der Waals surface area contributed by atoms with Gasteiger partial charge in [0.1, 0.15) is 16.4 Å². The van der Waals surface area contributed by atoms with Crippen LogP contribution in [0.25, 0.3) is 0 Å². The first-order chi connectivity index (χ1) is 11.8. The van der Waals surface area contributed by atoms with Gasteiger partial charge in [-0.05, 0) is 36.8 Å². The van der Waals surface area contributed by atoms with Gasteiger partial charge in [-0.15, -0.1) is 0 Å². The second kappa shape index (κ2) is 7.43. The molecule has 0 aliphatic carbocycles. The van der Waals surface area contributed by atoms with Crippen LogP contribution >= 0.6 is 0 Å². The van der Waals surface area contributed by atoms with E-state index in [1.165, 1.54) is 38.5 Å². The van der Waals surface area contributed by atoms with Crippen LogP contribution in [0.5, 0.6) is 11.5 Å². The molecule has 134 valence electrons. The predicted octanol–water partition coefficient (Wildman–Crippen LogP) is 0.957. The lowest BCUT2D eigenvalue weighted by Crippen LogP contribution is -2.41. The van der Waals surface area contributed by atoms with E-state index in [2.05, 4.69) is 0 Å². The van der Waals surface area contributed by atoms with Gasteiger partial charge in [0.05, 0.1) is 32.4 Å². The maximum absolute atomic E-state index is 13.1. The lowest BCUT2D eigenvalue weighted by Gasteiger charge is -2.26. The normalized spacial score (nSPS) is 11.0. The number of hydrogen-bond donors (Lipinski definition) is 0. The van der Waals surface area contributed by atoms with E-state index in [9.17, 15) is 18.3 Å². The highest BCUT2D eigenvalue weighted by Crippen LogP contribution is 2.32. The molecular formula is C17H18NO6S-. The first-order valence-corrected chi connectivity index (χ1v) is 8.75. The molecule has 2 aromatic rings. The summed E-state index contributed by atoms with van der Waals surface area (Å²) in [6, 6.07) is 10.8. The number of aliphatic carboxylic acids is 1. The second-order valence-electron chi connectivity index (χ2n) is 5.24. The van der Waals surface area contributed by atoms with Gasteiger partial charge in [0.15, 0.2) is 0 Å². The number of carbonyl (C=O) groups is 1. The summed E-state index contributed by atoms with van der Waals surface area (Å²) in [4.78, 5) is 11.0. The van der Waals surface area contributed by atoms with E-state index in [-0.39, 0.29) is 16.3 Å². The Labute approximate surface area is 146 Å². The van der Waals surface area contributed by atoms with E-state index in [1.54, 1.807) is 25.1 Å². The molecule has 0 heterocycles. The number of hydrogen-bond acceptors (Lipinski definition) is 6. The molecule has 7 nitrogen and oxygen atoms in total. The first-order valence-electron chi connectivity index (χ1n) is 7.31. The van der Waals surface area contributed by atoms with Gasteiger partial charge in [-0.25, -0.2) is 8.42 Å². The molecule has 0 aliphatic rings. The monoisotopic (exact) mass is 364 g/mol. The average Bonchev–Trinajstić information content (AvgIpc) is 2.59. The number of carboxylic acid groups (broad SMARTS) is 1. The molecule has 0 aromatic heterocycles. The Morgan fingerprint density at radius 2 is 1.84 bits per heavy atom. The topological polar surface area (TPSA) is 96.0 Å². The fourth-order valence-corrected chi connectivity index (χ4v) is 3.95. The van der Waals surface area contributed by atoms with E-state index in [4.69, 9.17) is 9.47 Å². The van der Waals surface area contributed by atoms with Gasteiger partial charge in [-0.2, -0.15) is 0 Å². The predicted molar refractivity (Wildman–Crippen MR) is 90.3 cm³/mol. The van der Waals surface area contributed by atoms with Gasteiger partial charge in [-0.1, -0.05) is 12.1 Å². The summed E-state index contributed by atoms with van der Waals surface area (Å²) in [5.74, 6) is -1.01. The Morgan fingerprint density at radius 3 is 2.44 bits per heavy atom. The van der Waals surface area contributed by atoms with Crippen molar-refractivity contribution in [1.82, 2.24) is 0 Å². The highest BCUT2D eigenvalue weighted by molar-refractivity contribution is 7.93. The Hall–Kier alpha value is -2.74. The number of carboxylic acids is 1. The van der Waals surface area contributed by atoms with Crippen LogP contribution in [0.15, 0.2) is 47.4 Å². The third kappa shape index (κ3) is 4.03. The zero-order chi connectivity index (χ0) is 18.6. The summed E-state index contributed by atoms with van der Waals surface area (Å²) in [6.07, 6.45) is 0. The zero-order valence-electron chi connectivity index (χ0n) is 14.1. The van der Waals surface area contributed by atoms with Gasteiger partial charge in [0.2, 0.25) is 0 Å². The van der Waals surface area contributed by atoms with Crippen LogP contribution in [0.4, 0.5) is 5.69 Å². The number of benzene rings is 2.